The van der Waals surface area contributed by atoms with Crippen LogP contribution in [0.15, 0.2) is 35.5 Å². The van der Waals surface area contributed by atoms with Crippen LogP contribution in [-0.4, -0.2) is 21.6 Å². The number of nitrogens with one attached hydrogen (secondary N) is 1. The zero-order valence-corrected chi connectivity index (χ0v) is 12.0. The van der Waals surface area contributed by atoms with Crippen molar-refractivity contribution in [2.75, 3.05) is 11.1 Å². The molecule has 1 aromatic carbocycles. The van der Waals surface area contributed by atoms with Crippen molar-refractivity contribution in [3.63, 3.8) is 0 Å². The van der Waals surface area contributed by atoms with Gasteiger partial charge in [0.15, 0.2) is 5.16 Å². The topological polar surface area (TPSA) is 54.9 Å². The summed E-state index contributed by atoms with van der Waals surface area (Å²) in [5.74, 6) is -0.603. The van der Waals surface area contributed by atoms with Crippen LogP contribution in [0.4, 0.5) is 10.1 Å². The van der Waals surface area contributed by atoms with Gasteiger partial charge in [-0.15, -0.1) is 0 Å². The molecule has 0 unspecified atom stereocenters. The Morgan fingerprint density at radius 1 is 1.25 bits per heavy atom. The zero-order chi connectivity index (χ0) is 14.5. The minimum atomic E-state index is -0.450. The predicted octanol–water partition coefficient (Wildman–Crippen LogP) is 2.96. The van der Waals surface area contributed by atoms with Crippen LogP contribution < -0.4 is 5.32 Å². The summed E-state index contributed by atoms with van der Waals surface area (Å²) in [6.07, 6.45) is 0. The number of anilines is 1. The molecule has 0 spiro atoms. The largest absolute Gasteiger partial charge is 0.323 e. The van der Waals surface area contributed by atoms with E-state index in [0.29, 0.717) is 5.16 Å². The van der Waals surface area contributed by atoms with Gasteiger partial charge in [-0.1, -0.05) is 23.9 Å². The lowest BCUT2D eigenvalue weighted by atomic mass is 10.3. The standard InChI is InChI=1S/C14H14FN3OS/c1-9-7-10(2)17-14(16-9)20-8-13(19)18-12-6-4-3-5-11(12)15/h3-7H,8H2,1-2H3,(H,18,19). The van der Waals surface area contributed by atoms with E-state index in [1.54, 1.807) is 12.1 Å². The Labute approximate surface area is 120 Å². The lowest BCUT2D eigenvalue weighted by Crippen LogP contribution is -2.15. The Morgan fingerprint density at radius 2 is 1.90 bits per heavy atom. The molecule has 1 aromatic heterocycles. The molecule has 0 aliphatic rings. The van der Waals surface area contributed by atoms with Crippen molar-refractivity contribution in [1.29, 1.82) is 0 Å². The van der Waals surface area contributed by atoms with Crippen LogP contribution >= 0.6 is 11.8 Å². The quantitative estimate of drug-likeness (QED) is 0.695. The summed E-state index contributed by atoms with van der Waals surface area (Å²) in [6.45, 7) is 3.75. The summed E-state index contributed by atoms with van der Waals surface area (Å²) in [5, 5.41) is 3.07. The zero-order valence-electron chi connectivity index (χ0n) is 11.2. The van der Waals surface area contributed by atoms with E-state index in [1.807, 2.05) is 19.9 Å². The predicted molar refractivity (Wildman–Crippen MR) is 77.3 cm³/mol. The molecule has 1 heterocycles. The third-order valence-corrected chi connectivity index (χ3v) is 3.29. The van der Waals surface area contributed by atoms with E-state index >= 15 is 0 Å². The molecule has 0 saturated heterocycles. The second kappa shape index (κ2) is 6.47. The SMILES string of the molecule is Cc1cc(C)nc(SCC(=O)Nc2ccccc2F)n1. The van der Waals surface area contributed by atoms with Gasteiger partial charge in [0, 0.05) is 11.4 Å². The molecule has 0 atom stereocenters. The number of nitrogens with zero attached hydrogens (tertiary/aromatic N) is 2. The molecule has 1 N–H and O–H groups in total. The Balaban J connectivity index is 1.94. The van der Waals surface area contributed by atoms with Crippen LogP contribution in [0.2, 0.25) is 0 Å². The van der Waals surface area contributed by atoms with E-state index in [9.17, 15) is 9.18 Å². The molecule has 2 rings (SSSR count). The Kier molecular flexibility index (Phi) is 4.68. The molecule has 20 heavy (non-hydrogen) atoms. The molecule has 0 fully saturated rings. The van der Waals surface area contributed by atoms with Gasteiger partial charge in [-0.05, 0) is 32.0 Å². The third kappa shape index (κ3) is 4.03. The van der Waals surface area contributed by atoms with Crippen molar-refractivity contribution in [2.45, 2.75) is 19.0 Å². The van der Waals surface area contributed by atoms with Gasteiger partial charge in [-0.2, -0.15) is 0 Å². The summed E-state index contributed by atoms with van der Waals surface area (Å²) < 4.78 is 13.4. The number of carbonyl (C=O) groups is 1. The number of halogens is 1. The van der Waals surface area contributed by atoms with E-state index in [1.165, 1.54) is 23.9 Å². The molecular formula is C14H14FN3OS. The Bertz CT molecular complexity index is 613. The molecular weight excluding hydrogens is 277 g/mol. The van der Waals surface area contributed by atoms with Gasteiger partial charge >= 0.3 is 0 Å². The molecule has 1 amide bonds. The number of benzene rings is 1. The summed E-state index contributed by atoms with van der Waals surface area (Å²) in [5.41, 5.74) is 1.89. The van der Waals surface area contributed by atoms with Gasteiger partial charge in [0.2, 0.25) is 5.91 Å². The minimum absolute atomic E-state index is 0.136. The van der Waals surface area contributed by atoms with Crippen LogP contribution in [0.25, 0.3) is 0 Å². The maximum Gasteiger partial charge on any atom is 0.234 e. The van der Waals surface area contributed by atoms with Crippen molar-refractivity contribution in [1.82, 2.24) is 9.97 Å². The summed E-state index contributed by atoms with van der Waals surface area (Å²) in [4.78, 5) is 20.2. The molecule has 6 heteroatoms. The number of thioether (sulfide) groups is 1. The third-order valence-electron chi connectivity index (χ3n) is 2.44. The maximum absolute atomic E-state index is 13.4. The highest BCUT2D eigenvalue weighted by Gasteiger charge is 2.08. The van der Waals surface area contributed by atoms with Gasteiger partial charge in [0.1, 0.15) is 5.82 Å². The van der Waals surface area contributed by atoms with E-state index in [-0.39, 0.29) is 17.3 Å². The van der Waals surface area contributed by atoms with Gasteiger partial charge in [0.05, 0.1) is 11.4 Å². The lowest BCUT2D eigenvalue weighted by molar-refractivity contribution is -0.113. The maximum atomic E-state index is 13.4. The average molecular weight is 291 g/mol. The molecule has 0 radical (unpaired) electrons. The summed E-state index contributed by atoms with van der Waals surface area (Å²) in [6, 6.07) is 7.92. The van der Waals surface area contributed by atoms with Crippen LogP contribution in [-0.2, 0) is 4.79 Å². The van der Waals surface area contributed by atoms with Crippen LogP contribution in [0.3, 0.4) is 0 Å². The van der Waals surface area contributed by atoms with Crippen molar-refractivity contribution >= 4 is 23.4 Å². The molecule has 2 aromatic rings. The van der Waals surface area contributed by atoms with Gasteiger partial charge in [-0.25, -0.2) is 14.4 Å². The second-order valence-corrected chi connectivity index (χ2v) is 5.19. The van der Waals surface area contributed by atoms with Crippen LogP contribution in [0.5, 0.6) is 0 Å². The summed E-state index contributed by atoms with van der Waals surface area (Å²) >= 11 is 1.23. The number of carbonyl (C=O) groups excluding carboxylic acids is 1. The number of aryl methyl sites for hydroxylation is 2. The average Bonchev–Trinajstić information content (AvgIpc) is 2.38. The number of amides is 1. The molecule has 4 nitrogen and oxygen atoms in total. The molecule has 0 saturated carbocycles. The Hall–Kier alpha value is -1.95. The van der Waals surface area contributed by atoms with Crippen molar-refractivity contribution in [2.24, 2.45) is 0 Å². The van der Waals surface area contributed by atoms with Crippen molar-refractivity contribution in [3.8, 4) is 0 Å². The first-order chi connectivity index (χ1) is 9.54. The fourth-order valence-corrected chi connectivity index (χ4v) is 2.39. The fourth-order valence-electron chi connectivity index (χ4n) is 1.64. The first-order valence-electron chi connectivity index (χ1n) is 6.04. The second-order valence-electron chi connectivity index (χ2n) is 4.25. The van der Waals surface area contributed by atoms with Gasteiger partial charge < -0.3 is 5.32 Å². The number of hydrogen-bond donors (Lipinski definition) is 1. The smallest absolute Gasteiger partial charge is 0.234 e. The van der Waals surface area contributed by atoms with Gasteiger partial charge in [0.25, 0.3) is 0 Å². The van der Waals surface area contributed by atoms with Crippen molar-refractivity contribution < 1.29 is 9.18 Å². The molecule has 104 valence electrons. The van der Waals surface area contributed by atoms with Crippen LogP contribution in [0, 0.1) is 19.7 Å². The highest BCUT2D eigenvalue weighted by molar-refractivity contribution is 7.99. The number of aromatic nitrogens is 2. The normalized spacial score (nSPS) is 10.3. The van der Waals surface area contributed by atoms with E-state index in [0.717, 1.165) is 11.4 Å². The number of rotatable bonds is 4. The van der Waals surface area contributed by atoms with E-state index < -0.39 is 5.82 Å². The number of para-hydroxylation sites is 1. The first kappa shape index (κ1) is 14.5. The van der Waals surface area contributed by atoms with Crippen LogP contribution in [0.1, 0.15) is 11.4 Å². The Morgan fingerprint density at radius 3 is 2.55 bits per heavy atom. The molecule has 0 aliphatic carbocycles. The fraction of sp³-hybridized carbons (Fsp3) is 0.214. The highest BCUT2D eigenvalue weighted by atomic mass is 32.2. The minimum Gasteiger partial charge on any atom is -0.323 e. The molecule has 0 bridgehead atoms. The van der Waals surface area contributed by atoms with E-state index in [2.05, 4.69) is 15.3 Å². The van der Waals surface area contributed by atoms with Crippen molar-refractivity contribution in [3.05, 3.63) is 47.5 Å². The van der Waals surface area contributed by atoms with E-state index in [4.69, 9.17) is 0 Å². The highest BCUT2D eigenvalue weighted by Crippen LogP contribution is 2.16. The first-order valence-corrected chi connectivity index (χ1v) is 7.02. The summed E-state index contributed by atoms with van der Waals surface area (Å²) in [7, 11) is 0. The lowest BCUT2D eigenvalue weighted by Gasteiger charge is -2.06. The number of hydrogen-bond acceptors (Lipinski definition) is 4. The molecule has 0 aliphatic heterocycles. The monoisotopic (exact) mass is 291 g/mol. The van der Waals surface area contributed by atoms with Gasteiger partial charge in [-0.3, -0.25) is 4.79 Å².